The van der Waals surface area contributed by atoms with Crippen molar-refractivity contribution in [3.63, 3.8) is 0 Å². The lowest BCUT2D eigenvalue weighted by molar-refractivity contribution is -0.136. The second-order valence-electron chi connectivity index (χ2n) is 3.98. The first kappa shape index (κ1) is 14.2. The molecule has 1 rings (SSSR count). The zero-order chi connectivity index (χ0) is 13.5. The number of carboxylic acids is 1. The smallest absolute Gasteiger partial charge is 0.303 e. The molecule has 1 aromatic rings. The van der Waals surface area contributed by atoms with Crippen molar-refractivity contribution in [2.24, 2.45) is 0 Å². The van der Waals surface area contributed by atoms with Crippen LogP contribution in [-0.4, -0.2) is 22.1 Å². The average Bonchev–Trinajstić information content (AvgIpc) is 2.38. The molecule has 0 aliphatic rings. The van der Waals surface area contributed by atoms with Crippen LogP contribution < -0.4 is 0 Å². The van der Waals surface area contributed by atoms with Gasteiger partial charge in [-0.3, -0.25) is 4.79 Å². The number of benzene rings is 1. The van der Waals surface area contributed by atoms with E-state index in [1.165, 1.54) is 0 Å². The van der Waals surface area contributed by atoms with E-state index in [-0.39, 0.29) is 19.4 Å². The topological polar surface area (TPSA) is 74.6 Å². The van der Waals surface area contributed by atoms with Gasteiger partial charge in [0.15, 0.2) is 0 Å². The predicted octanol–water partition coefficient (Wildman–Crippen LogP) is 1.82. The fraction of sp³-hybridized carbons (Fsp3) is 0.357. The minimum atomic E-state index is -0.958. The fourth-order valence-electron chi connectivity index (χ4n) is 1.73. The van der Waals surface area contributed by atoms with E-state index < -0.39 is 5.97 Å². The molecule has 0 radical (unpaired) electrons. The molecule has 0 spiro atoms. The number of carbonyl (C=O) groups is 1. The van der Waals surface area contributed by atoms with Crippen molar-refractivity contribution in [3.05, 3.63) is 34.9 Å². The minimum Gasteiger partial charge on any atom is -0.481 e. The Morgan fingerprint density at radius 1 is 1.33 bits per heavy atom. The summed E-state index contributed by atoms with van der Waals surface area (Å²) in [5.74, 6) is 0.834. The summed E-state index contributed by atoms with van der Waals surface area (Å²) in [4.78, 5) is 21.5. The van der Waals surface area contributed by atoms with Crippen LogP contribution in [0.1, 0.15) is 36.5 Å². The first-order valence-corrected chi connectivity index (χ1v) is 5.81. The Labute approximate surface area is 106 Å². The van der Waals surface area contributed by atoms with Gasteiger partial charge in [0.1, 0.15) is 5.94 Å². The van der Waals surface area contributed by atoms with Crippen molar-refractivity contribution in [2.45, 2.75) is 32.8 Å². The minimum absolute atomic E-state index is 0.119. The van der Waals surface area contributed by atoms with Gasteiger partial charge in [0.25, 0.3) is 0 Å². The fourth-order valence-corrected chi connectivity index (χ4v) is 1.73. The van der Waals surface area contributed by atoms with Crippen LogP contribution in [-0.2, 0) is 22.6 Å². The van der Waals surface area contributed by atoms with Crippen LogP contribution in [0.4, 0.5) is 0 Å². The normalized spacial score (nSPS) is 9.89. The van der Waals surface area contributed by atoms with Crippen LogP contribution >= 0.6 is 0 Å². The quantitative estimate of drug-likeness (QED) is 0.753. The maximum atomic E-state index is 10.9. The van der Waals surface area contributed by atoms with Gasteiger partial charge in [-0.15, -0.1) is 0 Å². The molecule has 0 bridgehead atoms. The van der Waals surface area contributed by atoms with Gasteiger partial charge in [0.05, 0.1) is 13.0 Å². The summed E-state index contributed by atoms with van der Waals surface area (Å²) in [7, 11) is 0. The predicted molar refractivity (Wildman–Crippen MR) is 67.7 cm³/mol. The maximum Gasteiger partial charge on any atom is 0.303 e. The second-order valence-corrected chi connectivity index (χ2v) is 3.98. The second kappa shape index (κ2) is 6.74. The number of aliphatic hydroxyl groups is 1. The molecule has 0 heterocycles. The highest BCUT2D eigenvalue weighted by atomic mass is 16.4. The number of carbonyl (C=O) groups excluding carboxylic acids is 1. The highest BCUT2D eigenvalue weighted by molar-refractivity contribution is 5.90. The molecule has 0 aliphatic heterocycles. The van der Waals surface area contributed by atoms with Crippen LogP contribution in [0.3, 0.4) is 0 Å². The first-order valence-electron chi connectivity index (χ1n) is 5.81. The lowest BCUT2D eigenvalue weighted by Gasteiger charge is -2.10. The largest absolute Gasteiger partial charge is 0.481 e. The third-order valence-electron chi connectivity index (χ3n) is 2.79. The van der Waals surface area contributed by atoms with Gasteiger partial charge < -0.3 is 10.2 Å². The van der Waals surface area contributed by atoms with E-state index in [4.69, 9.17) is 5.11 Å². The van der Waals surface area contributed by atoms with Crippen LogP contribution in [0.15, 0.2) is 18.2 Å². The highest BCUT2D eigenvalue weighted by Gasteiger charge is 2.11. The number of aliphatic hydroxyl groups excluding tert-OH is 1. The van der Waals surface area contributed by atoms with Crippen molar-refractivity contribution in [1.82, 2.24) is 0 Å². The van der Waals surface area contributed by atoms with Gasteiger partial charge >= 0.3 is 5.97 Å². The molecule has 0 saturated heterocycles. The van der Waals surface area contributed by atoms with Gasteiger partial charge in [-0.05, 0) is 29.5 Å². The third kappa shape index (κ3) is 3.55. The average molecular weight is 248 g/mol. The number of rotatable bonds is 6. The Morgan fingerprint density at radius 3 is 2.56 bits per heavy atom. The summed E-state index contributed by atoms with van der Waals surface area (Å²) in [5, 5.41) is 17.9. The van der Waals surface area contributed by atoms with E-state index in [1.807, 2.05) is 19.1 Å². The molecule has 0 saturated carbocycles. The van der Waals surface area contributed by atoms with E-state index in [0.717, 1.165) is 12.0 Å². The molecule has 0 unspecified atom stereocenters. The molecule has 0 atom stereocenters. The summed E-state index contributed by atoms with van der Waals surface area (Å²) in [6.45, 7) is 1.80. The SMILES string of the molecule is CCc1ccc(CO)c(C(=C=O)CCC(=O)O)c1. The highest BCUT2D eigenvalue weighted by Crippen LogP contribution is 2.23. The standard InChI is InChI=1S/C14H16O4/c1-2-10-3-4-11(8-15)13(7-10)12(9-16)5-6-14(17)18/h3-4,7,15H,2,5-6,8H2,1H3,(H,17,18). The van der Waals surface area contributed by atoms with E-state index >= 15 is 0 Å². The Hall–Kier alpha value is -1.90. The van der Waals surface area contributed by atoms with Crippen LogP contribution in [0.25, 0.3) is 5.57 Å². The lowest BCUT2D eigenvalue weighted by Crippen LogP contribution is -2.00. The first-order chi connectivity index (χ1) is 8.62. The molecule has 18 heavy (non-hydrogen) atoms. The van der Waals surface area contributed by atoms with Gasteiger partial charge in [0, 0.05) is 5.57 Å². The molecule has 4 nitrogen and oxygen atoms in total. The van der Waals surface area contributed by atoms with E-state index in [0.29, 0.717) is 16.7 Å². The third-order valence-corrected chi connectivity index (χ3v) is 2.79. The molecule has 2 N–H and O–H groups in total. The summed E-state index contributed by atoms with van der Waals surface area (Å²) < 4.78 is 0. The Balaban J connectivity index is 3.10. The molecule has 1 aromatic carbocycles. The summed E-state index contributed by atoms with van der Waals surface area (Å²) in [6, 6.07) is 5.45. The molecule has 96 valence electrons. The Bertz CT molecular complexity index is 485. The van der Waals surface area contributed by atoms with Crippen molar-refractivity contribution >= 4 is 17.5 Å². The zero-order valence-electron chi connectivity index (χ0n) is 10.3. The maximum absolute atomic E-state index is 10.9. The monoisotopic (exact) mass is 248 g/mol. The molecule has 0 fully saturated rings. The van der Waals surface area contributed by atoms with E-state index in [1.54, 1.807) is 12.0 Å². The van der Waals surface area contributed by atoms with Gasteiger partial charge in [-0.2, -0.15) is 0 Å². The van der Waals surface area contributed by atoms with Crippen molar-refractivity contribution in [2.75, 3.05) is 0 Å². The van der Waals surface area contributed by atoms with Crippen molar-refractivity contribution in [1.29, 1.82) is 0 Å². The van der Waals surface area contributed by atoms with Gasteiger partial charge in [0.2, 0.25) is 0 Å². The Kier molecular flexibility index (Phi) is 5.31. The van der Waals surface area contributed by atoms with Gasteiger partial charge in [-0.25, -0.2) is 4.79 Å². The summed E-state index contributed by atoms with van der Waals surface area (Å²) in [5.41, 5.74) is 2.56. The van der Waals surface area contributed by atoms with Crippen LogP contribution in [0.5, 0.6) is 0 Å². The van der Waals surface area contributed by atoms with Crippen molar-refractivity contribution < 1.29 is 19.8 Å². The molecular weight excluding hydrogens is 232 g/mol. The molecule has 0 amide bonds. The van der Waals surface area contributed by atoms with Crippen LogP contribution in [0.2, 0.25) is 0 Å². The molecule has 0 aliphatic carbocycles. The lowest BCUT2D eigenvalue weighted by atomic mass is 9.95. The summed E-state index contributed by atoms with van der Waals surface area (Å²) >= 11 is 0. The van der Waals surface area contributed by atoms with E-state index in [9.17, 15) is 14.7 Å². The van der Waals surface area contributed by atoms with Gasteiger partial charge in [-0.1, -0.05) is 25.1 Å². The zero-order valence-corrected chi connectivity index (χ0v) is 10.3. The van der Waals surface area contributed by atoms with Crippen molar-refractivity contribution in [3.8, 4) is 0 Å². The number of carboxylic acid groups (broad SMARTS) is 1. The number of allylic oxidation sites excluding steroid dienone is 1. The molecular formula is C14H16O4. The van der Waals surface area contributed by atoms with E-state index in [2.05, 4.69) is 0 Å². The number of aryl methyl sites for hydroxylation is 1. The Morgan fingerprint density at radius 2 is 2.06 bits per heavy atom. The summed E-state index contributed by atoms with van der Waals surface area (Å²) in [6.07, 6.45) is 0.814. The number of hydrogen-bond acceptors (Lipinski definition) is 3. The number of hydrogen-bond donors (Lipinski definition) is 2. The molecule has 0 aromatic heterocycles. The number of aliphatic carboxylic acids is 1. The van der Waals surface area contributed by atoms with Crippen LogP contribution in [0, 0.1) is 0 Å². The molecule has 4 heteroatoms.